The molecular formula is C19H18N6OS. The van der Waals surface area contributed by atoms with Crippen LogP contribution < -0.4 is 10.6 Å². The highest BCUT2D eigenvalue weighted by atomic mass is 32.2. The number of aromatic nitrogens is 4. The van der Waals surface area contributed by atoms with Crippen molar-refractivity contribution >= 4 is 29.3 Å². The first-order valence-corrected chi connectivity index (χ1v) is 9.66. The first kappa shape index (κ1) is 17.3. The maximum absolute atomic E-state index is 13.1. The molecule has 136 valence electrons. The Morgan fingerprint density at radius 2 is 1.89 bits per heavy atom. The fraction of sp³-hybridized carbons (Fsp3) is 0.158. The van der Waals surface area contributed by atoms with Crippen molar-refractivity contribution < 1.29 is 4.79 Å². The van der Waals surface area contributed by atoms with Gasteiger partial charge in [0.2, 0.25) is 5.95 Å². The van der Waals surface area contributed by atoms with Gasteiger partial charge < -0.3 is 10.6 Å². The zero-order chi connectivity index (χ0) is 18.8. The molecule has 0 bridgehead atoms. The van der Waals surface area contributed by atoms with Crippen molar-refractivity contribution in [2.24, 2.45) is 0 Å². The molecule has 27 heavy (non-hydrogen) atoms. The number of benzene rings is 2. The third-order valence-corrected chi connectivity index (χ3v) is 5.17. The maximum atomic E-state index is 13.1. The van der Waals surface area contributed by atoms with Gasteiger partial charge in [0, 0.05) is 16.3 Å². The van der Waals surface area contributed by atoms with E-state index in [0.29, 0.717) is 11.5 Å². The lowest BCUT2D eigenvalue weighted by molar-refractivity contribution is -0.113. The van der Waals surface area contributed by atoms with Crippen LogP contribution in [-0.4, -0.2) is 32.4 Å². The third-order valence-electron chi connectivity index (χ3n) is 4.42. The van der Waals surface area contributed by atoms with Crippen molar-refractivity contribution in [2.75, 3.05) is 16.9 Å². The lowest BCUT2D eigenvalue weighted by Crippen LogP contribution is -2.31. The Morgan fingerprint density at radius 1 is 1.15 bits per heavy atom. The van der Waals surface area contributed by atoms with Gasteiger partial charge in [0.25, 0.3) is 5.91 Å². The first-order chi connectivity index (χ1) is 13.2. The van der Waals surface area contributed by atoms with Gasteiger partial charge in [0.1, 0.15) is 6.04 Å². The highest BCUT2D eigenvalue weighted by molar-refractivity contribution is 7.98. The molecule has 7 nitrogen and oxygen atoms in total. The minimum absolute atomic E-state index is 0.189. The van der Waals surface area contributed by atoms with E-state index in [9.17, 15) is 4.79 Å². The standard InChI is InChI=1S/C19H18N6OS/c1-12-16(18(26)21-14-6-4-3-5-7-14)17(25-19(20-12)22-23-24-25)13-8-10-15(27-2)11-9-13/h3-11,17H,1-2H3,(H,21,26)(H,20,22,24)/t17-/m0/s1. The molecule has 3 aromatic rings. The van der Waals surface area contributed by atoms with Crippen LogP contribution in [0, 0.1) is 0 Å². The fourth-order valence-electron chi connectivity index (χ4n) is 3.12. The van der Waals surface area contributed by atoms with Crippen LogP contribution in [0.1, 0.15) is 18.5 Å². The molecule has 0 saturated carbocycles. The molecule has 1 aliphatic heterocycles. The minimum atomic E-state index is -0.407. The molecule has 4 rings (SSSR count). The van der Waals surface area contributed by atoms with E-state index in [1.165, 1.54) is 0 Å². The van der Waals surface area contributed by atoms with E-state index < -0.39 is 6.04 Å². The number of carbonyl (C=O) groups is 1. The highest BCUT2D eigenvalue weighted by Gasteiger charge is 2.33. The van der Waals surface area contributed by atoms with Crippen LogP contribution in [0.25, 0.3) is 0 Å². The fourth-order valence-corrected chi connectivity index (χ4v) is 3.53. The van der Waals surface area contributed by atoms with Gasteiger partial charge in [-0.25, -0.2) is 0 Å². The van der Waals surface area contributed by atoms with Gasteiger partial charge in [0.15, 0.2) is 0 Å². The Bertz CT molecular complexity index is 997. The Labute approximate surface area is 160 Å². The van der Waals surface area contributed by atoms with E-state index in [-0.39, 0.29) is 5.91 Å². The normalized spacial score (nSPS) is 15.9. The average molecular weight is 378 g/mol. The van der Waals surface area contributed by atoms with Crippen molar-refractivity contribution in [3.05, 3.63) is 71.4 Å². The number of fused-ring (bicyclic) bond motifs is 1. The molecule has 1 aliphatic rings. The number of hydrogen-bond donors (Lipinski definition) is 2. The quantitative estimate of drug-likeness (QED) is 0.678. The number of carbonyl (C=O) groups excluding carboxylic acids is 1. The second kappa shape index (κ2) is 7.24. The Hall–Kier alpha value is -3.13. The summed E-state index contributed by atoms with van der Waals surface area (Å²) in [5, 5.41) is 18.0. The molecule has 0 spiro atoms. The number of nitrogens with one attached hydrogen (secondary N) is 2. The van der Waals surface area contributed by atoms with Gasteiger partial charge in [-0.15, -0.1) is 11.8 Å². The zero-order valence-corrected chi connectivity index (χ0v) is 15.7. The number of nitrogens with zero attached hydrogens (tertiary/aromatic N) is 4. The van der Waals surface area contributed by atoms with Crippen LogP contribution in [0.15, 0.2) is 70.8 Å². The van der Waals surface area contributed by atoms with Crippen molar-refractivity contribution in [2.45, 2.75) is 17.9 Å². The molecule has 2 aromatic carbocycles. The second-order valence-electron chi connectivity index (χ2n) is 6.11. The van der Waals surface area contributed by atoms with E-state index in [1.54, 1.807) is 16.4 Å². The van der Waals surface area contributed by atoms with E-state index in [0.717, 1.165) is 21.8 Å². The largest absolute Gasteiger partial charge is 0.326 e. The van der Waals surface area contributed by atoms with E-state index in [2.05, 4.69) is 26.2 Å². The second-order valence-corrected chi connectivity index (χ2v) is 6.99. The molecule has 0 unspecified atom stereocenters. The summed E-state index contributed by atoms with van der Waals surface area (Å²) < 4.78 is 1.64. The van der Waals surface area contributed by atoms with Crippen molar-refractivity contribution in [3.63, 3.8) is 0 Å². The van der Waals surface area contributed by atoms with Crippen molar-refractivity contribution in [1.29, 1.82) is 0 Å². The van der Waals surface area contributed by atoms with Gasteiger partial charge in [-0.1, -0.05) is 35.4 Å². The Kier molecular flexibility index (Phi) is 4.64. The third kappa shape index (κ3) is 3.31. The van der Waals surface area contributed by atoms with Crippen LogP contribution >= 0.6 is 11.8 Å². The van der Waals surface area contributed by atoms with E-state index in [4.69, 9.17) is 0 Å². The molecule has 8 heteroatoms. The number of rotatable bonds is 4. The van der Waals surface area contributed by atoms with Crippen LogP contribution in [0.4, 0.5) is 11.6 Å². The van der Waals surface area contributed by atoms with Crippen LogP contribution in [-0.2, 0) is 4.79 Å². The smallest absolute Gasteiger partial charge is 0.255 e. The highest BCUT2D eigenvalue weighted by Crippen LogP contribution is 2.35. The molecule has 1 aromatic heterocycles. The van der Waals surface area contributed by atoms with E-state index >= 15 is 0 Å². The number of tetrazole rings is 1. The number of anilines is 2. The van der Waals surface area contributed by atoms with Gasteiger partial charge in [-0.3, -0.25) is 4.79 Å². The topological polar surface area (TPSA) is 84.7 Å². The number of hydrogen-bond acceptors (Lipinski definition) is 6. The van der Waals surface area contributed by atoms with Crippen LogP contribution in [0.2, 0.25) is 0 Å². The van der Waals surface area contributed by atoms with Gasteiger partial charge >= 0.3 is 0 Å². The summed E-state index contributed by atoms with van der Waals surface area (Å²) in [5.41, 5.74) is 2.99. The predicted molar refractivity (Wildman–Crippen MR) is 106 cm³/mol. The monoisotopic (exact) mass is 378 g/mol. The summed E-state index contributed by atoms with van der Waals surface area (Å²) >= 11 is 1.67. The zero-order valence-electron chi connectivity index (χ0n) is 14.9. The molecule has 2 N–H and O–H groups in total. The lowest BCUT2D eigenvalue weighted by Gasteiger charge is -2.28. The van der Waals surface area contributed by atoms with Crippen molar-refractivity contribution in [3.8, 4) is 0 Å². The summed E-state index contributed by atoms with van der Waals surface area (Å²) in [6, 6.07) is 17.1. The summed E-state index contributed by atoms with van der Waals surface area (Å²) in [4.78, 5) is 14.3. The Morgan fingerprint density at radius 3 is 2.59 bits per heavy atom. The molecular weight excluding hydrogens is 360 g/mol. The van der Waals surface area contributed by atoms with Gasteiger partial charge in [-0.2, -0.15) is 4.68 Å². The van der Waals surface area contributed by atoms with E-state index in [1.807, 2.05) is 67.8 Å². The van der Waals surface area contributed by atoms with Crippen molar-refractivity contribution in [1.82, 2.24) is 20.2 Å². The molecule has 0 aliphatic carbocycles. The minimum Gasteiger partial charge on any atom is -0.326 e. The number of para-hydroxylation sites is 1. The molecule has 1 amide bonds. The summed E-state index contributed by atoms with van der Waals surface area (Å²) in [7, 11) is 0. The summed E-state index contributed by atoms with van der Waals surface area (Å²) in [5.74, 6) is 0.328. The maximum Gasteiger partial charge on any atom is 0.255 e. The predicted octanol–water partition coefficient (Wildman–Crippen LogP) is 3.32. The molecule has 2 heterocycles. The van der Waals surface area contributed by atoms with Gasteiger partial charge in [-0.05, 0) is 53.4 Å². The summed E-state index contributed by atoms with van der Waals surface area (Å²) in [6.45, 7) is 1.86. The Balaban J connectivity index is 1.75. The molecule has 0 saturated heterocycles. The molecule has 1 atom stereocenters. The number of amides is 1. The van der Waals surface area contributed by atoms with Crippen LogP contribution in [0.3, 0.4) is 0 Å². The van der Waals surface area contributed by atoms with Gasteiger partial charge in [0.05, 0.1) is 5.57 Å². The first-order valence-electron chi connectivity index (χ1n) is 8.43. The molecule has 0 fully saturated rings. The summed E-state index contributed by atoms with van der Waals surface area (Å²) in [6.07, 6.45) is 2.03. The lowest BCUT2D eigenvalue weighted by atomic mass is 9.95. The SMILES string of the molecule is CSc1ccc([C@H]2C(C(=O)Nc3ccccc3)=C(C)Nc3nnnn32)cc1. The molecule has 0 radical (unpaired) electrons. The number of allylic oxidation sites excluding steroid dienone is 1. The number of thioether (sulfide) groups is 1. The average Bonchev–Trinajstić information content (AvgIpc) is 3.15. The van der Waals surface area contributed by atoms with Crippen LogP contribution in [0.5, 0.6) is 0 Å².